The Kier molecular flexibility index (Phi) is 6.35. The number of imide groups is 2. The van der Waals surface area contributed by atoms with Crippen molar-refractivity contribution in [1.29, 1.82) is 0 Å². The number of hydrogen-bond acceptors (Lipinski definition) is 6. The summed E-state index contributed by atoms with van der Waals surface area (Å²) < 4.78 is 19.3. The van der Waals surface area contributed by atoms with E-state index in [-0.39, 0.29) is 34.7 Å². The van der Waals surface area contributed by atoms with Crippen LogP contribution in [0.25, 0.3) is 0 Å². The lowest BCUT2D eigenvalue weighted by Crippen LogP contribution is -2.49. The summed E-state index contributed by atoms with van der Waals surface area (Å²) >= 11 is 6.04. The average Bonchev–Trinajstić information content (AvgIpc) is 3.30. The fourth-order valence-corrected chi connectivity index (χ4v) is 7.96. The van der Waals surface area contributed by atoms with Crippen molar-refractivity contribution in [3.8, 4) is 11.5 Å². The highest BCUT2D eigenvalue weighted by molar-refractivity contribution is 6.31. The van der Waals surface area contributed by atoms with E-state index in [2.05, 4.69) is 0 Å². The Morgan fingerprint density at radius 1 is 1.02 bits per heavy atom. The first kappa shape index (κ1) is 28.4. The van der Waals surface area contributed by atoms with Crippen molar-refractivity contribution in [1.82, 2.24) is 4.90 Å². The second-order valence-electron chi connectivity index (χ2n) is 12.9. The number of amides is 4. The summed E-state index contributed by atoms with van der Waals surface area (Å²) in [6.45, 7) is 7.16. The van der Waals surface area contributed by atoms with Gasteiger partial charge in [0.25, 0.3) is 0 Å². The molecule has 0 spiro atoms. The van der Waals surface area contributed by atoms with E-state index in [0.717, 1.165) is 16.5 Å². The Hall–Kier alpha value is -3.72. The molecule has 1 N–H and O–H groups in total. The van der Waals surface area contributed by atoms with Gasteiger partial charge in [0.15, 0.2) is 0 Å². The smallest absolute Gasteiger partial charge is 0.241 e. The molecule has 220 valence electrons. The first-order valence-corrected chi connectivity index (χ1v) is 14.4. The minimum atomic E-state index is -1.35. The predicted molar refractivity (Wildman–Crippen MR) is 152 cm³/mol. The van der Waals surface area contributed by atoms with Gasteiger partial charge in [-0.3, -0.25) is 24.1 Å². The number of carbonyl (C=O) groups excluding carboxylic acids is 4. The molecule has 2 heterocycles. The fraction of sp³-hybridized carbons (Fsp3) is 0.438. The Labute approximate surface area is 248 Å². The van der Waals surface area contributed by atoms with Crippen LogP contribution in [0.3, 0.4) is 0 Å². The lowest BCUT2D eigenvalue weighted by molar-refractivity contribution is -0.145. The lowest BCUT2D eigenvalue weighted by Gasteiger charge is -2.49. The Morgan fingerprint density at radius 2 is 1.74 bits per heavy atom. The number of likely N-dealkylation sites (tertiary alicyclic amines) is 1. The number of hydrogen-bond donors (Lipinski definition) is 1. The molecule has 2 aliphatic carbocycles. The Bertz CT molecular complexity index is 1600. The highest BCUT2D eigenvalue weighted by atomic mass is 35.5. The van der Waals surface area contributed by atoms with Crippen LogP contribution >= 0.6 is 11.6 Å². The second-order valence-corrected chi connectivity index (χ2v) is 13.3. The summed E-state index contributed by atoms with van der Waals surface area (Å²) in [4.78, 5) is 58.3. The van der Waals surface area contributed by atoms with Gasteiger partial charge >= 0.3 is 0 Å². The van der Waals surface area contributed by atoms with Crippen molar-refractivity contribution in [2.45, 2.75) is 52.0 Å². The number of carbonyl (C=O) groups is 4. The first-order chi connectivity index (χ1) is 19.7. The molecule has 3 fully saturated rings. The molecule has 2 aromatic carbocycles. The molecule has 6 rings (SSSR count). The maximum absolute atomic E-state index is 14.4. The number of allylic oxidation sites excluding steroid dienone is 2. The van der Waals surface area contributed by atoms with Crippen molar-refractivity contribution in [2.24, 2.45) is 29.1 Å². The third-order valence-electron chi connectivity index (χ3n) is 9.66. The van der Waals surface area contributed by atoms with Gasteiger partial charge in [-0.1, -0.05) is 29.3 Å². The summed E-state index contributed by atoms with van der Waals surface area (Å²) in [6.07, 6.45) is 2.40. The monoisotopic (exact) mass is 594 g/mol. The quantitative estimate of drug-likeness (QED) is 0.386. The molecule has 4 aliphatic rings. The summed E-state index contributed by atoms with van der Waals surface area (Å²) in [5.41, 5.74) is -0.755. The molecule has 6 unspecified atom stereocenters. The molecule has 0 bridgehead atoms. The molecule has 42 heavy (non-hydrogen) atoms. The highest BCUT2D eigenvalue weighted by Crippen LogP contribution is 2.64. The normalized spacial score (nSPS) is 30.7. The second kappa shape index (κ2) is 9.39. The van der Waals surface area contributed by atoms with Gasteiger partial charge in [0.2, 0.25) is 23.6 Å². The van der Waals surface area contributed by atoms with Crippen molar-refractivity contribution < 1.29 is 33.4 Å². The molecule has 2 saturated heterocycles. The maximum Gasteiger partial charge on any atom is 0.241 e. The molecule has 2 aliphatic heterocycles. The van der Waals surface area contributed by atoms with Gasteiger partial charge < -0.3 is 9.84 Å². The maximum atomic E-state index is 14.4. The number of rotatable bonds is 3. The summed E-state index contributed by atoms with van der Waals surface area (Å²) in [5, 5.41) is 11.0. The van der Waals surface area contributed by atoms with Gasteiger partial charge in [-0.2, -0.15) is 0 Å². The van der Waals surface area contributed by atoms with Crippen molar-refractivity contribution in [2.75, 3.05) is 12.0 Å². The topological polar surface area (TPSA) is 104 Å². The van der Waals surface area contributed by atoms with Crippen LogP contribution in [0, 0.1) is 34.9 Å². The zero-order chi connectivity index (χ0) is 30.5. The molecule has 0 aromatic heterocycles. The van der Waals surface area contributed by atoms with Crippen LogP contribution in [-0.2, 0) is 19.2 Å². The number of phenolic OH excluding ortho intramolecular Hbond substituents is 1. The lowest BCUT2D eigenvalue weighted by atomic mass is 9.51. The van der Waals surface area contributed by atoms with E-state index in [1.807, 2.05) is 26.8 Å². The van der Waals surface area contributed by atoms with E-state index < -0.39 is 58.2 Å². The molecule has 8 nitrogen and oxygen atoms in total. The number of ether oxygens (including phenoxy) is 1. The number of anilines is 1. The van der Waals surface area contributed by atoms with Crippen LogP contribution < -0.4 is 9.64 Å². The van der Waals surface area contributed by atoms with Gasteiger partial charge in [0.1, 0.15) is 17.3 Å². The minimum absolute atomic E-state index is 0.114. The van der Waals surface area contributed by atoms with Gasteiger partial charge in [-0.25, -0.2) is 9.29 Å². The first-order valence-electron chi connectivity index (χ1n) is 14.0. The van der Waals surface area contributed by atoms with E-state index in [4.69, 9.17) is 16.3 Å². The highest BCUT2D eigenvalue weighted by Gasteiger charge is 2.68. The molecule has 4 amide bonds. The van der Waals surface area contributed by atoms with Crippen molar-refractivity contribution >= 4 is 40.9 Å². The fourth-order valence-electron chi connectivity index (χ4n) is 7.79. The molecular weight excluding hydrogens is 563 g/mol. The van der Waals surface area contributed by atoms with E-state index in [1.54, 1.807) is 19.1 Å². The third kappa shape index (κ3) is 3.78. The standard InChI is InChI=1S/C32H32ClFN2O6/c1-31(2,3)36-27(38)19-10-9-17-20(25(19)29(36)40)14-21-28(39)35(15-6-11-23(34)22(33)12-15)30(41)32(21,4)26(17)18-8-7-16(42-5)13-24(18)37/h6-9,11-13,19-21,25-26,37H,10,14H2,1-5H3. The van der Waals surface area contributed by atoms with E-state index in [0.29, 0.717) is 17.7 Å². The van der Waals surface area contributed by atoms with Crippen LogP contribution in [-0.4, -0.2) is 46.3 Å². The average molecular weight is 595 g/mol. The number of halogens is 2. The third-order valence-corrected chi connectivity index (χ3v) is 9.95. The molecule has 10 heteroatoms. The number of phenols is 1. The number of nitrogens with zero attached hydrogens (tertiary/aromatic N) is 2. The number of aromatic hydroxyl groups is 1. The van der Waals surface area contributed by atoms with Crippen LogP contribution in [0.15, 0.2) is 48.0 Å². The zero-order valence-corrected chi connectivity index (χ0v) is 24.7. The van der Waals surface area contributed by atoms with Gasteiger partial charge in [-0.05, 0) is 70.7 Å². The number of fused-ring (bicyclic) bond motifs is 4. The Morgan fingerprint density at radius 3 is 2.36 bits per heavy atom. The van der Waals surface area contributed by atoms with Crippen molar-refractivity contribution in [3.05, 3.63) is 64.5 Å². The molecule has 1 saturated carbocycles. The zero-order valence-electron chi connectivity index (χ0n) is 24.0. The van der Waals surface area contributed by atoms with Crippen molar-refractivity contribution in [3.63, 3.8) is 0 Å². The van der Waals surface area contributed by atoms with Crippen LogP contribution in [0.4, 0.5) is 10.1 Å². The van der Waals surface area contributed by atoms with Gasteiger partial charge in [-0.15, -0.1) is 0 Å². The summed E-state index contributed by atoms with van der Waals surface area (Å²) in [7, 11) is 1.47. The van der Waals surface area contributed by atoms with Crippen LogP contribution in [0.2, 0.25) is 5.02 Å². The number of benzene rings is 2. The molecular formula is C32H32ClFN2O6. The molecule has 0 radical (unpaired) electrons. The molecule has 2 aromatic rings. The predicted octanol–water partition coefficient (Wildman–Crippen LogP) is 5.22. The van der Waals surface area contributed by atoms with E-state index in [9.17, 15) is 28.7 Å². The SMILES string of the molecule is COc1ccc(C2C3=CCC4C(=O)N(C(C)(C)C)C(=O)C4C3CC3C(=O)N(c4ccc(F)c(Cl)c4)C(=O)C32C)c(O)c1. The van der Waals surface area contributed by atoms with Crippen LogP contribution in [0.1, 0.15) is 52.0 Å². The Balaban J connectivity index is 1.53. The largest absolute Gasteiger partial charge is 0.508 e. The molecule has 6 atom stereocenters. The summed E-state index contributed by atoms with van der Waals surface area (Å²) in [6, 6.07) is 8.48. The van der Waals surface area contributed by atoms with E-state index >= 15 is 0 Å². The minimum Gasteiger partial charge on any atom is -0.508 e. The van der Waals surface area contributed by atoms with Gasteiger partial charge in [0, 0.05) is 23.1 Å². The van der Waals surface area contributed by atoms with Gasteiger partial charge in [0.05, 0.1) is 41.0 Å². The van der Waals surface area contributed by atoms with Crippen LogP contribution in [0.5, 0.6) is 11.5 Å². The van der Waals surface area contributed by atoms with E-state index in [1.165, 1.54) is 30.2 Å². The number of methoxy groups -OCH3 is 1. The summed E-state index contributed by atoms with van der Waals surface area (Å²) in [5.74, 6) is -5.33.